The zero-order chi connectivity index (χ0) is 22.0. The van der Waals surface area contributed by atoms with Gasteiger partial charge in [0.05, 0.1) is 5.69 Å². The largest absolute Gasteiger partial charge is 0.310 e. The van der Waals surface area contributed by atoms with E-state index in [1.165, 1.54) is 11.6 Å². The molecule has 2 aromatic heterocycles. The number of aryl methyl sites for hydroxylation is 1. The normalized spacial score (nSPS) is 16.1. The van der Waals surface area contributed by atoms with E-state index >= 15 is 0 Å². The highest BCUT2D eigenvalue weighted by atomic mass is 32.2. The number of nitrogens with zero attached hydrogens (tertiary/aromatic N) is 4. The molecule has 0 unspecified atom stereocenters. The molecular formula is C21H28N6O3S. The monoisotopic (exact) mass is 444 g/mol. The van der Waals surface area contributed by atoms with Crippen molar-refractivity contribution in [3.05, 3.63) is 41.2 Å². The fourth-order valence-electron chi connectivity index (χ4n) is 3.85. The van der Waals surface area contributed by atoms with Crippen LogP contribution in [-0.2, 0) is 28.5 Å². The van der Waals surface area contributed by atoms with Gasteiger partial charge in [-0.15, -0.1) is 0 Å². The number of fused-ring (bicyclic) bond motifs is 1. The number of pyridine rings is 1. The van der Waals surface area contributed by atoms with Gasteiger partial charge < -0.3 is 4.90 Å². The summed E-state index contributed by atoms with van der Waals surface area (Å²) >= 11 is 0. The molecule has 10 heteroatoms. The molecule has 1 saturated carbocycles. The minimum absolute atomic E-state index is 0.294. The van der Waals surface area contributed by atoms with Gasteiger partial charge in [0, 0.05) is 43.9 Å². The van der Waals surface area contributed by atoms with Crippen molar-refractivity contribution in [2.45, 2.75) is 44.9 Å². The van der Waals surface area contributed by atoms with Crippen molar-refractivity contribution < 1.29 is 13.2 Å². The maximum atomic E-state index is 12.3. The van der Waals surface area contributed by atoms with Crippen LogP contribution in [-0.4, -0.2) is 42.2 Å². The fourth-order valence-corrected chi connectivity index (χ4v) is 4.67. The summed E-state index contributed by atoms with van der Waals surface area (Å²) in [7, 11) is -1.98. The van der Waals surface area contributed by atoms with E-state index < -0.39 is 16.1 Å². The first-order valence-corrected chi connectivity index (χ1v) is 12.2. The molecule has 1 fully saturated rings. The third-order valence-electron chi connectivity index (χ3n) is 5.49. The molecule has 0 aromatic carbocycles. The quantitative estimate of drug-likeness (QED) is 0.453. The molecule has 4 rings (SSSR count). The maximum Gasteiger partial charge on any atom is 0.301 e. The summed E-state index contributed by atoms with van der Waals surface area (Å²) in [4.78, 5) is 19.0. The molecule has 2 N–H and O–H groups in total. The Bertz CT molecular complexity index is 1100. The summed E-state index contributed by atoms with van der Waals surface area (Å²) in [5.74, 6) is 1.44. The molecule has 2 aromatic rings. The second kappa shape index (κ2) is 8.80. The van der Waals surface area contributed by atoms with Crippen molar-refractivity contribution in [1.82, 2.24) is 24.2 Å². The zero-order valence-corrected chi connectivity index (χ0v) is 18.7. The van der Waals surface area contributed by atoms with E-state index in [0.29, 0.717) is 18.9 Å². The number of hydrogen-bond acceptors (Lipinski definition) is 6. The lowest BCUT2D eigenvalue weighted by Crippen LogP contribution is -2.39. The van der Waals surface area contributed by atoms with Gasteiger partial charge in [-0.2, -0.15) is 18.2 Å². The van der Waals surface area contributed by atoms with Crippen LogP contribution in [0, 0.1) is 0 Å². The lowest BCUT2D eigenvalue weighted by Gasteiger charge is -2.19. The molecule has 2 aliphatic rings. The molecule has 3 heterocycles. The van der Waals surface area contributed by atoms with E-state index in [1.54, 1.807) is 12.3 Å². The van der Waals surface area contributed by atoms with E-state index in [9.17, 15) is 13.2 Å². The molecular weight excluding hydrogens is 416 g/mol. The summed E-state index contributed by atoms with van der Waals surface area (Å²) < 4.78 is 30.3. The van der Waals surface area contributed by atoms with Gasteiger partial charge in [-0.05, 0) is 43.4 Å². The summed E-state index contributed by atoms with van der Waals surface area (Å²) in [6.45, 7) is 3.04. The molecule has 0 spiro atoms. The van der Waals surface area contributed by atoms with Crippen molar-refractivity contribution in [3.8, 4) is 0 Å². The smallest absolute Gasteiger partial charge is 0.301 e. The number of hydrogen-bond donors (Lipinski definition) is 2. The first kappa shape index (κ1) is 21.5. The molecule has 0 atom stereocenters. The molecule has 1 amide bonds. The summed E-state index contributed by atoms with van der Waals surface area (Å²) in [6, 6.07) is 4.00. The molecule has 1 aliphatic heterocycles. The first-order chi connectivity index (χ1) is 14.9. The second-order valence-corrected chi connectivity index (χ2v) is 9.46. The van der Waals surface area contributed by atoms with Gasteiger partial charge in [-0.25, -0.2) is 9.71 Å². The highest BCUT2D eigenvalue weighted by Crippen LogP contribution is 2.45. The lowest BCUT2D eigenvalue weighted by molar-refractivity contribution is -0.114. The topological polar surface area (TPSA) is 109 Å². The minimum atomic E-state index is -3.87. The van der Waals surface area contributed by atoms with Gasteiger partial charge >= 0.3 is 10.2 Å². The predicted octanol–water partition coefficient (Wildman–Crippen LogP) is 2.15. The third-order valence-corrected chi connectivity index (χ3v) is 6.54. The van der Waals surface area contributed by atoms with Crippen LogP contribution in [0.3, 0.4) is 0 Å². The number of carbonyl (C=O) groups excluding carboxylic acids is 1. The van der Waals surface area contributed by atoms with Crippen molar-refractivity contribution >= 4 is 33.8 Å². The molecule has 0 saturated heterocycles. The van der Waals surface area contributed by atoms with E-state index in [0.717, 1.165) is 55.1 Å². The molecule has 9 nitrogen and oxygen atoms in total. The van der Waals surface area contributed by atoms with Crippen LogP contribution >= 0.6 is 0 Å². The van der Waals surface area contributed by atoms with Crippen LogP contribution in [0.25, 0.3) is 6.08 Å². The van der Waals surface area contributed by atoms with E-state index in [1.807, 2.05) is 29.4 Å². The molecule has 31 heavy (non-hydrogen) atoms. The zero-order valence-electron chi connectivity index (χ0n) is 17.8. The van der Waals surface area contributed by atoms with Gasteiger partial charge in [0.15, 0.2) is 0 Å². The van der Waals surface area contributed by atoms with Crippen LogP contribution in [0.2, 0.25) is 0 Å². The number of carbonyl (C=O) groups is 1. The molecule has 1 aliphatic carbocycles. The Kier molecular flexibility index (Phi) is 6.10. The Morgan fingerprint density at radius 2 is 2.16 bits per heavy atom. The molecule has 166 valence electrons. The number of unbranched alkanes of at least 4 members (excludes halogenated alkanes) is 1. The van der Waals surface area contributed by atoms with Crippen molar-refractivity contribution in [3.63, 3.8) is 0 Å². The number of nitrogens with one attached hydrogen (secondary N) is 2. The summed E-state index contributed by atoms with van der Waals surface area (Å²) in [5, 5.41) is 4.73. The van der Waals surface area contributed by atoms with Gasteiger partial charge in [-0.1, -0.05) is 19.4 Å². The highest BCUT2D eigenvalue weighted by Gasteiger charge is 2.34. The lowest BCUT2D eigenvalue weighted by atomic mass is 10.1. The van der Waals surface area contributed by atoms with Crippen molar-refractivity contribution in [1.29, 1.82) is 0 Å². The Morgan fingerprint density at radius 3 is 2.90 bits per heavy atom. The molecule has 0 radical (unpaired) electrons. The number of rotatable bonds is 9. The summed E-state index contributed by atoms with van der Waals surface area (Å²) in [6.07, 6.45) is 9.29. The van der Waals surface area contributed by atoms with Crippen molar-refractivity contribution in [2.24, 2.45) is 7.05 Å². The van der Waals surface area contributed by atoms with Gasteiger partial charge in [0.2, 0.25) is 0 Å². The number of aromatic nitrogens is 3. The third kappa shape index (κ3) is 4.80. The average Bonchev–Trinajstić information content (AvgIpc) is 3.40. The van der Waals surface area contributed by atoms with Crippen LogP contribution < -0.4 is 14.3 Å². The van der Waals surface area contributed by atoms with E-state index in [4.69, 9.17) is 5.10 Å². The summed E-state index contributed by atoms with van der Waals surface area (Å²) in [5.41, 5.74) is 2.96. The first-order valence-electron chi connectivity index (χ1n) is 10.7. The Balaban J connectivity index is 1.59. The van der Waals surface area contributed by atoms with Gasteiger partial charge in [-0.3, -0.25) is 9.48 Å². The Labute approximate surface area is 182 Å². The Morgan fingerprint density at radius 1 is 1.35 bits per heavy atom. The van der Waals surface area contributed by atoms with Crippen LogP contribution in [0.15, 0.2) is 24.4 Å². The average molecular weight is 445 g/mol. The van der Waals surface area contributed by atoms with Crippen LogP contribution in [0.1, 0.15) is 55.3 Å². The second-order valence-electron chi connectivity index (χ2n) is 7.96. The number of anilines is 2. The Hall–Kier alpha value is -2.72. The minimum Gasteiger partial charge on any atom is -0.310 e. The van der Waals surface area contributed by atoms with E-state index in [-0.39, 0.29) is 0 Å². The van der Waals surface area contributed by atoms with Crippen LogP contribution in [0.4, 0.5) is 11.6 Å². The number of amides is 1. The van der Waals surface area contributed by atoms with Crippen molar-refractivity contribution in [2.75, 3.05) is 18.0 Å². The highest BCUT2D eigenvalue weighted by molar-refractivity contribution is 7.88. The van der Waals surface area contributed by atoms with E-state index in [2.05, 4.69) is 20.7 Å². The maximum absolute atomic E-state index is 12.3. The van der Waals surface area contributed by atoms with Crippen LogP contribution in [0.5, 0.6) is 0 Å². The van der Waals surface area contributed by atoms with Gasteiger partial charge in [0.1, 0.15) is 11.6 Å². The van der Waals surface area contributed by atoms with Gasteiger partial charge in [0.25, 0.3) is 5.91 Å². The standard InChI is InChI=1S/C21H28N6O3S/c1-3-4-13-23-31(29,30)25-18(28)10-9-17-19(15-7-8-15)24-26(2)21(17)27-14-11-16-6-5-12-22-20(16)27/h5-6,9-10,12,15,23H,3-4,7-8,11,13-14H2,1-2H3,(H,25,28). The molecule has 0 bridgehead atoms. The predicted molar refractivity (Wildman–Crippen MR) is 119 cm³/mol. The fraction of sp³-hybridized carbons (Fsp3) is 0.476. The SMILES string of the molecule is CCCCNS(=O)(=O)NC(=O)C=Cc1c(C2CC2)nn(C)c1N1CCc2cccnc21.